The van der Waals surface area contributed by atoms with Crippen LogP contribution in [-0.2, 0) is 31.7 Å². The molecule has 0 aliphatic heterocycles. The summed E-state index contributed by atoms with van der Waals surface area (Å²) in [4.78, 5) is 18.9. The first-order valence-electron chi connectivity index (χ1n) is 9.19. The molecule has 8 nitrogen and oxygen atoms in total. The molecule has 0 aliphatic carbocycles. The van der Waals surface area contributed by atoms with E-state index < -0.39 is 5.97 Å². The van der Waals surface area contributed by atoms with Crippen LogP contribution in [0.3, 0.4) is 0 Å². The zero-order valence-electron chi connectivity index (χ0n) is 17.4. The molecule has 0 bridgehead atoms. The first-order valence-corrected chi connectivity index (χ1v) is 9.72. The summed E-state index contributed by atoms with van der Waals surface area (Å²) in [6, 6.07) is 3.61. The van der Waals surface area contributed by atoms with E-state index in [2.05, 4.69) is 24.0 Å². The highest BCUT2D eigenvalue weighted by Gasteiger charge is 2.09. The van der Waals surface area contributed by atoms with Gasteiger partial charge < -0.3 is 10.2 Å². The number of hydrogen-bond donors (Lipinski definition) is 2. The highest BCUT2D eigenvalue weighted by atomic mass is 35.5. The number of alkyl halides is 1. The Bertz CT molecular complexity index is 652. The smallest absolute Gasteiger partial charge is 0.354 e. The molecule has 0 amide bonds. The van der Waals surface area contributed by atoms with Crippen LogP contribution in [0.5, 0.6) is 0 Å². The number of carboxylic acid groups (broad SMARTS) is 2. The van der Waals surface area contributed by atoms with Crippen molar-refractivity contribution in [1.82, 2.24) is 19.6 Å². The Morgan fingerprint density at radius 1 is 1.14 bits per heavy atom. The lowest BCUT2D eigenvalue weighted by molar-refractivity contribution is -0.122. The van der Waals surface area contributed by atoms with E-state index in [0.29, 0.717) is 0 Å². The van der Waals surface area contributed by atoms with Gasteiger partial charge in [0.25, 0.3) is 6.47 Å². The van der Waals surface area contributed by atoms with Crippen molar-refractivity contribution in [3.8, 4) is 0 Å². The first-order chi connectivity index (χ1) is 13.3. The Balaban J connectivity index is 0. The lowest BCUT2D eigenvalue weighted by Gasteiger charge is -1.91. The second-order valence-electron chi connectivity index (χ2n) is 5.64. The van der Waals surface area contributed by atoms with Crippen molar-refractivity contribution in [2.45, 2.75) is 52.9 Å². The van der Waals surface area contributed by atoms with Gasteiger partial charge in [0.1, 0.15) is 5.69 Å². The molecule has 2 rings (SSSR count). The number of hydrogen-bond acceptors (Lipinski definition) is 4. The van der Waals surface area contributed by atoms with Crippen molar-refractivity contribution in [1.29, 1.82) is 0 Å². The zero-order chi connectivity index (χ0) is 21.9. The SMILES string of the molecule is CCCCCCl.CCc1cc(C(=O)O)n(C)n1.CCc1ccn(C)n1.O=CO. The highest BCUT2D eigenvalue weighted by Crippen LogP contribution is 2.02. The lowest BCUT2D eigenvalue weighted by atomic mass is 10.3. The van der Waals surface area contributed by atoms with Crippen molar-refractivity contribution in [3.63, 3.8) is 0 Å². The fourth-order valence-corrected chi connectivity index (χ4v) is 2.08. The summed E-state index contributed by atoms with van der Waals surface area (Å²) in [7, 11) is 3.56. The molecular weight excluding hydrogens is 384 g/mol. The van der Waals surface area contributed by atoms with E-state index >= 15 is 0 Å². The predicted molar refractivity (Wildman–Crippen MR) is 111 cm³/mol. The Morgan fingerprint density at radius 2 is 1.71 bits per heavy atom. The Morgan fingerprint density at radius 3 is 1.93 bits per heavy atom. The Hall–Kier alpha value is -2.35. The largest absolute Gasteiger partial charge is 0.483 e. The van der Waals surface area contributed by atoms with Crippen LogP contribution in [0, 0.1) is 0 Å². The van der Waals surface area contributed by atoms with Gasteiger partial charge in [0.05, 0.1) is 11.4 Å². The average Bonchev–Trinajstić information content (AvgIpc) is 3.26. The summed E-state index contributed by atoms with van der Waals surface area (Å²) >= 11 is 5.38. The second-order valence-corrected chi connectivity index (χ2v) is 6.02. The van der Waals surface area contributed by atoms with Crippen LogP contribution < -0.4 is 0 Å². The monoisotopic (exact) mass is 416 g/mol. The average molecular weight is 417 g/mol. The minimum absolute atomic E-state index is 0.238. The van der Waals surface area contributed by atoms with Crippen LogP contribution in [0.25, 0.3) is 0 Å². The molecule has 9 heteroatoms. The number of unbranched alkanes of at least 4 members (excludes halogenated alkanes) is 2. The Labute approximate surface area is 172 Å². The van der Waals surface area contributed by atoms with E-state index in [1.165, 1.54) is 23.9 Å². The normalized spacial score (nSPS) is 9.07. The van der Waals surface area contributed by atoms with Crippen LogP contribution in [0.1, 0.15) is 61.9 Å². The fraction of sp³-hybridized carbons (Fsp3) is 0.579. The van der Waals surface area contributed by atoms with E-state index in [1.54, 1.807) is 13.1 Å². The van der Waals surface area contributed by atoms with Crippen molar-refractivity contribution in [2.75, 3.05) is 5.88 Å². The van der Waals surface area contributed by atoms with Crippen molar-refractivity contribution < 1.29 is 19.8 Å². The molecule has 0 radical (unpaired) electrons. The van der Waals surface area contributed by atoms with Gasteiger partial charge in [-0.25, -0.2) is 4.79 Å². The molecule has 28 heavy (non-hydrogen) atoms. The third-order valence-corrected chi connectivity index (χ3v) is 3.65. The van der Waals surface area contributed by atoms with E-state index in [1.807, 2.05) is 30.9 Å². The summed E-state index contributed by atoms with van der Waals surface area (Å²) in [6.45, 7) is 5.96. The molecule has 0 spiro atoms. The molecule has 0 saturated carbocycles. The van der Waals surface area contributed by atoms with Gasteiger partial charge in [0.2, 0.25) is 0 Å². The molecule has 0 aromatic carbocycles. The number of aromatic carboxylic acids is 1. The van der Waals surface area contributed by atoms with Crippen LogP contribution in [0.4, 0.5) is 0 Å². The molecular formula is C19H33ClN4O4. The van der Waals surface area contributed by atoms with Gasteiger partial charge in [-0.3, -0.25) is 14.2 Å². The van der Waals surface area contributed by atoms with Crippen molar-refractivity contribution >= 4 is 24.0 Å². The number of halogens is 1. The summed E-state index contributed by atoms with van der Waals surface area (Å²) in [5.74, 6) is -0.104. The first kappa shape index (κ1) is 27.9. The number of carboxylic acids is 1. The highest BCUT2D eigenvalue weighted by molar-refractivity contribution is 6.17. The molecule has 0 saturated heterocycles. The molecule has 160 valence electrons. The molecule has 0 fully saturated rings. The summed E-state index contributed by atoms with van der Waals surface area (Å²) in [5, 5.41) is 23.6. The van der Waals surface area contributed by atoms with E-state index in [0.717, 1.165) is 30.1 Å². The van der Waals surface area contributed by atoms with Crippen molar-refractivity contribution in [2.24, 2.45) is 14.1 Å². The molecule has 2 heterocycles. The van der Waals surface area contributed by atoms with Gasteiger partial charge in [-0.05, 0) is 31.4 Å². The third kappa shape index (κ3) is 13.8. The summed E-state index contributed by atoms with van der Waals surface area (Å²) in [5.41, 5.74) is 2.21. The van der Waals surface area contributed by atoms with E-state index in [9.17, 15) is 4.79 Å². The van der Waals surface area contributed by atoms with Gasteiger partial charge in [-0.2, -0.15) is 10.2 Å². The molecule has 2 aromatic heterocycles. The van der Waals surface area contributed by atoms with Crippen molar-refractivity contribution in [3.05, 3.63) is 35.4 Å². The lowest BCUT2D eigenvalue weighted by Crippen LogP contribution is -2.04. The molecule has 0 aliphatic rings. The number of carbonyl (C=O) groups is 2. The fourth-order valence-electron chi connectivity index (χ4n) is 1.90. The minimum atomic E-state index is -0.931. The summed E-state index contributed by atoms with van der Waals surface area (Å²) in [6.07, 6.45) is 7.48. The zero-order valence-corrected chi connectivity index (χ0v) is 18.2. The predicted octanol–water partition coefficient (Wildman–Crippen LogP) is 3.78. The maximum absolute atomic E-state index is 10.5. The van der Waals surface area contributed by atoms with Gasteiger partial charge >= 0.3 is 5.97 Å². The molecule has 2 N–H and O–H groups in total. The van der Waals surface area contributed by atoms with Gasteiger partial charge in [0.15, 0.2) is 0 Å². The van der Waals surface area contributed by atoms with Crippen LogP contribution in [0.15, 0.2) is 18.3 Å². The van der Waals surface area contributed by atoms with Gasteiger partial charge in [-0.15, -0.1) is 11.6 Å². The number of aromatic nitrogens is 4. The topological polar surface area (TPSA) is 110 Å². The van der Waals surface area contributed by atoms with Crippen LogP contribution >= 0.6 is 11.6 Å². The molecule has 2 aromatic rings. The van der Waals surface area contributed by atoms with Gasteiger partial charge in [-0.1, -0.05) is 33.6 Å². The van der Waals surface area contributed by atoms with E-state index in [4.69, 9.17) is 26.6 Å². The Kier molecular flexibility index (Phi) is 17.9. The number of rotatable bonds is 6. The number of nitrogens with zero attached hydrogens (tertiary/aromatic N) is 4. The number of aryl methyl sites for hydroxylation is 4. The van der Waals surface area contributed by atoms with Crippen LogP contribution in [-0.4, -0.2) is 48.1 Å². The second kappa shape index (κ2) is 18.0. The minimum Gasteiger partial charge on any atom is -0.483 e. The maximum Gasteiger partial charge on any atom is 0.354 e. The molecule has 0 unspecified atom stereocenters. The van der Waals surface area contributed by atoms with Gasteiger partial charge in [0, 0.05) is 26.2 Å². The van der Waals surface area contributed by atoms with Crippen LogP contribution in [0.2, 0.25) is 0 Å². The maximum atomic E-state index is 10.5. The quantitative estimate of drug-likeness (QED) is 0.421. The standard InChI is InChI=1S/C7H10N2O2.C6H10N2.C5H11Cl.CH2O2/c1-3-5-4-6(7(10)11)9(2)8-5;1-3-6-4-5-8(2)7-6;1-2-3-4-5-6;2-1-3/h4H,3H2,1-2H3,(H,10,11);4-5H,3H2,1-2H3;2-5H2,1H3;1H,(H,2,3). The van der Waals surface area contributed by atoms with E-state index in [-0.39, 0.29) is 12.2 Å². The molecule has 0 atom stereocenters. The summed E-state index contributed by atoms with van der Waals surface area (Å²) < 4.78 is 3.19. The third-order valence-electron chi connectivity index (χ3n) is 3.38.